The predicted octanol–water partition coefficient (Wildman–Crippen LogP) is 1.27. The highest BCUT2D eigenvalue weighted by molar-refractivity contribution is 7.09. The van der Waals surface area contributed by atoms with Crippen LogP contribution in [0.4, 0.5) is 0 Å². The van der Waals surface area contributed by atoms with E-state index in [1.165, 1.54) is 11.3 Å². The minimum absolute atomic E-state index is 0.612. The maximum atomic E-state index is 10.8. The lowest BCUT2D eigenvalue weighted by Crippen LogP contribution is -2.28. The fraction of sp³-hybridized carbons (Fsp3) is 0.500. The summed E-state index contributed by atoms with van der Waals surface area (Å²) < 4.78 is 0. The topological polar surface area (TPSA) is 62.2 Å². The van der Waals surface area contributed by atoms with Crippen LogP contribution < -0.4 is 5.32 Å². The number of rotatable bonds is 5. The summed E-state index contributed by atoms with van der Waals surface area (Å²) >= 11 is 1.36. The van der Waals surface area contributed by atoms with Crippen molar-refractivity contribution < 1.29 is 9.90 Å². The second-order valence-electron chi connectivity index (χ2n) is 2.60. The SMILES string of the molecule is CCCNC(C(=O)O)c1nccs1. The zero-order valence-corrected chi connectivity index (χ0v) is 8.17. The summed E-state index contributed by atoms with van der Waals surface area (Å²) in [6, 6.07) is -0.653. The Labute approximate surface area is 80.6 Å². The fourth-order valence-corrected chi connectivity index (χ4v) is 1.65. The highest BCUT2D eigenvalue weighted by Gasteiger charge is 2.20. The van der Waals surface area contributed by atoms with Gasteiger partial charge in [-0.15, -0.1) is 11.3 Å². The van der Waals surface area contributed by atoms with Crippen LogP contribution in [0.1, 0.15) is 24.4 Å². The maximum Gasteiger partial charge on any atom is 0.327 e. The van der Waals surface area contributed by atoms with Gasteiger partial charge in [0, 0.05) is 11.6 Å². The smallest absolute Gasteiger partial charge is 0.327 e. The average Bonchev–Trinajstić information content (AvgIpc) is 2.57. The van der Waals surface area contributed by atoms with Gasteiger partial charge in [0.05, 0.1) is 0 Å². The number of hydrogen-bond donors (Lipinski definition) is 2. The number of aromatic nitrogens is 1. The van der Waals surface area contributed by atoms with Gasteiger partial charge in [0.2, 0.25) is 0 Å². The summed E-state index contributed by atoms with van der Waals surface area (Å²) in [6.07, 6.45) is 2.53. The van der Waals surface area contributed by atoms with Crippen molar-refractivity contribution in [1.29, 1.82) is 0 Å². The first-order chi connectivity index (χ1) is 6.25. The Kier molecular flexibility index (Phi) is 3.85. The van der Waals surface area contributed by atoms with Gasteiger partial charge in [-0.3, -0.25) is 10.1 Å². The number of carbonyl (C=O) groups is 1. The van der Waals surface area contributed by atoms with E-state index in [1.807, 2.05) is 6.92 Å². The van der Waals surface area contributed by atoms with E-state index in [0.29, 0.717) is 11.6 Å². The molecule has 1 atom stereocenters. The first kappa shape index (κ1) is 10.1. The van der Waals surface area contributed by atoms with Crippen LogP contribution in [0.25, 0.3) is 0 Å². The molecular weight excluding hydrogens is 188 g/mol. The van der Waals surface area contributed by atoms with Gasteiger partial charge in [0.15, 0.2) is 6.04 Å². The normalized spacial score (nSPS) is 12.7. The van der Waals surface area contributed by atoms with E-state index in [1.54, 1.807) is 11.6 Å². The van der Waals surface area contributed by atoms with Crippen molar-refractivity contribution >= 4 is 17.3 Å². The average molecular weight is 200 g/mol. The molecule has 0 aliphatic heterocycles. The Bertz CT molecular complexity index is 261. The summed E-state index contributed by atoms with van der Waals surface area (Å²) in [7, 11) is 0. The van der Waals surface area contributed by atoms with Crippen LogP contribution in [0.5, 0.6) is 0 Å². The van der Waals surface area contributed by atoms with Gasteiger partial charge in [-0.25, -0.2) is 4.98 Å². The second kappa shape index (κ2) is 4.94. The van der Waals surface area contributed by atoms with Crippen molar-refractivity contribution in [3.05, 3.63) is 16.6 Å². The third-order valence-electron chi connectivity index (χ3n) is 1.54. The lowest BCUT2D eigenvalue weighted by Gasteiger charge is -2.10. The van der Waals surface area contributed by atoms with Crippen molar-refractivity contribution in [3.63, 3.8) is 0 Å². The fourth-order valence-electron chi connectivity index (χ4n) is 0.946. The molecule has 0 spiro atoms. The molecule has 0 saturated heterocycles. The zero-order chi connectivity index (χ0) is 9.68. The molecule has 1 rings (SSSR count). The number of thiazole rings is 1. The monoisotopic (exact) mass is 200 g/mol. The van der Waals surface area contributed by atoms with Crippen LogP contribution in [-0.2, 0) is 4.79 Å². The molecule has 13 heavy (non-hydrogen) atoms. The highest BCUT2D eigenvalue weighted by atomic mass is 32.1. The summed E-state index contributed by atoms with van der Waals surface area (Å²) in [5.74, 6) is -0.872. The Morgan fingerprint density at radius 2 is 2.62 bits per heavy atom. The van der Waals surface area contributed by atoms with Gasteiger partial charge < -0.3 is 5.11 Å². The molecule has 1 aromatic heterocycles. The number of nitrogens with zero attached hydrogens (tertiary/aromatic N) is 1. The minimum Gasteiger partial charge on any atom is -0.480 e. The molecule has 0 amide bonds. The van der Waals surface area contributed by atoms with Crippen LogP contribution >= 0.6 is 11.3 Å². The third kappa shape index (κ3) is 2.78. The van der Waals surface area contributed by atoms with E-state index < -0.39 is 12.0 Å². The summed E-state index contributed by atoms with van der Waals surface area (Å²) in [5, 5.41) is 14.2. The van der Waals surface area contributed by atoms with Crippen LogP contribution in [-0.4, -0.2) is 22.6 Å². The van der Waals surface area contributed by atoms with Gasteiger partial charge in [0.25, 0.3) is 0 Å². The van der Waals surface area contributed by atoms with E-state index in [4.69, 9.17) is 5.11 Å². The molecule has 5 heteroatoms. The largest absolute Gasteiger partial charge is 0.480 e. The summed E-state index contributed by atoms with van der Waals surface area (Å²) in [6.45, 7) is 2.68. The molecule has 0 aliphatic carbocycles. The van der Waals surface area contributed by atoms with E-state index in [9.17, 15) is 4.79 Å². The highest BCUT2D eigenvalue weighted by Crippen LogP contribution is 2.15. The lowest BCUT2D eigenvalue weighted by molar-refractivity contribution is -0.139. The van der Waals surface area contributed by atoms with Crippen molar-refractivity contribution in [2.75, 3.05) is 6.54 Å². The third-order valence-corrected chi connectivity index (χ3v) is 2.38. The molecule has 1 unspecified atom stereocenters. The molecule has 0 aromatic carbocycles. The van der Waals surface area contributed by atoms with Crippen LogP contribution in [0.2, 0.25) is 0 Å². The number of carboxylic acid groups (broad SMARTS) is 1. The van der Waals surface area contributed by atoms with Crippen molar-refractivity contribution in [1.82, 2.24) is 10.3 Å². The standard InChI is InChI=1S/C8H12N2O2S/c1-2-3-9-6(8(11)12)7-10-4-5-13-7/h4-6,9H,2-3H2,1H3,(H,11,12). The molecule has 0 fully saturated rings. The molecule has 72 valence electrons. The van der Waals surface area contributed by atoms with E-state index >= 15 is 0 Å². The van der Waals surface area contributed by atoms with Crippen LogP contribution in [0.15, 0.2) is 11.6 Å². The Morgan fingerprint density at radius 3 is 3.08 bits per heavy atom. The molecular formula is C8H12N2O2S. The predicted molar refractivity (Wildman–Crippen MR) is 50.8 cm³/mol. The lowest BCUT2D eigenvalue weighted by atomic mass is 10.3. The van der Waals surface area contributed by atoms with E-state index in [-0.39, 0.29) is 0 Å². The molecule has 0 bridgehead atoms. The van der Waals surface area contributed by atoms with E-state index in [2.05, 4.69) is 10.3 Å². The minimum atomic E-state index is -0.872. The van der Waals surface area contributed by atoms with Crippen molar-refractivity contribution in [2.45, 2.75) is 19.4 Å². The first-order valence-electron chi connectivity index (χ1n) is 4.11. The summed E-state index contributed by atoms with van der Waals surface area (Å²) in [5.41, 5.74) is 0. The van der Waals surface area contributed by atoms with Crippen molar-refractivity contribution in [2.24, 2.45) is 0 Å². The van der Waals surface area contributed by atoms with Crippen molar-refractivity contribution in [3.8, 4) is 0 Å². The second-order valence-corrected chi connectivity index (χ2v) is 3.52. The molecule has 1 heterocycles. The van der Waals surface area contributed by atoms with Crippen LogP contribution in [0.3, 0.4) is 0 Å². The molecule has 4 nitrogen and oxygen atoms in total. The zero-order valence-electron chi connectivity index (χ0n) is 7.36. The number of hydrogen-bond acceptors (Lipinski definition) is 4. The molecule has 2 N–H and O–H groups in total. The van der Waals surface area contributed by atoms with E-state index in [0.717, 1.165) is 6.42 Å². The summed E-state index contributed by atoms with van der Waals surface area (Å²) in [4.78, 5) is 14.8. The Morgan fingerprint density at radius 1 is 1.85 bits per heavy atom. The molecule has 0 aliphatic rings. The Hall–Kier alpha value is -0.940. The molecule has 0 radical (unpaired) electrons. The number of nitrogens with one attached hydrogen (secondary N) is 1. The first-order valence-corrected chi connectivity index (χ1v) is 4.99. The quantitative estimate of drug-likeness (QED) is 0.751. The van der Waals surface area contributed by atoms with Gasteiger partial charge in [-0.2, -0.15) is 0 Å². The van der Waals surface area contributed by atoms with Gasteiger partial charge in [-0.05, 0) is 13.0 Å². The number of carboxylic acids is 1. The molecule has 1 aromatic rings. The Balaban J connectivity index is 2.63. The van der Waals surface area contributed by atoms with Gasteiger partial charge >= 0.3 is 5.97 Å². The number of aliphatic carboxylic acids is 1. The van der Waals surface area contributed by atoms with Gasteiger partial charge in [0.1, 0.15) is 5.01 Å². The maximum absolute atomic E-state index is 10.8. The van der Waals surface area contributed by atoms with Gasteiger partial charge in [-0.1, -0.05) is 6.92 Å². The molecule has 0 saturated carbocycles. The van der Waals surface area contributed by atoms with Crippen LogP contribution in [0, 0.1) is 0 Å².